The molecule has 0 aromatic heterocycles. The SMILES string of the molecule is CCOC(=O)Cc1ccccc1OC(C)(/C=C/Br)CC. The fourth-order valence-corrected chi connectivity index (χ4v) is 2.28. The zero-order chi connectivity index (χ0) is 15.0. The molecule has 0 N–H and O–H groups in total. The van der Waals surface area contributed by atoms with Crippen LogP contribution in [-0.2, 0) is 16.0 Å². The molecule has 0 fully saturated rings. The number of carbonyl (C=O) groups excluding carboxylic acids is 1. The molecule has 1 atom stereocenters. The van der Waals surface area contributed by atoms with Crippen molar-refractivity contribution in [1.29, 1.82) is 0 Å². The third kappa shape index (κ3) is 5.00. The van der Waals surface area contributed by atoms with E-state index in [-0.39, 0.29) is 12.4 Å². The van der Waals surface area contributed by atoms with Gasteiger partial charge < -0.3 is 9.47 Å². The maximum Gasteiger partial charge on any atom is 0.310 e. The molecule has 0 aliphatic carbocycles. The molecule has 0 amide bonds. The van der Waals surface area contributed by atoms with Crippen molar-refractivity contribution < 1.29 is 14.3 Å². The van der Waals surface area contributed by atoms with Crippen LogP contribution in [0.4, 0.5) is 0 Å². The number of halogens is 1. The van der Waals surface area contributed by atoms with Gasteiger partial charge in [-0.3, -0.25) is 4.79 Å². The molecule has 0 saturated heterocycles. The Labute approximate surface area is 129 Å². The standard InChI is InChI=1S/C16H21BrO3/c1-4-16(3,10-11-17)20-14-9-7-6-8-13(14)12-15(18)19-5-2/h6-11H,4-5,12H2,1-3H3/b11-10+. The summed E-state index contributed by atoms with van der Waals surface area (Å²) in [6, 6.07) is 7.56. The van der Waals surface area contributed by atoms with Crippen LogP contribution in [0.2, 0.25) is 0 Å². The van der Waals surface area contributed by atoms with Gasteiger partial charge in [0.25, 0.3) is 0 Å². The average molecular weight is 341 g/mol. The highest BCUT2D eigenvalue weighted by atomic mass is 79.9. The Balaban J connectivity index is 2.92. The third-order valence-electron chi connectivity index (χ3n) is 3.07. The molecule has 4 heteroatoms. The largest absolute Gasteiger partial charge is 0.483 e. The van der Waals surface area contributed by atoms with Crippen molar-refractivity contribution in [2.75, 3.05) is 6.61 Å². The van der Waals surface area contributed by atoms with Crippen LogP contribution >= 0.6 is 15.9 Å². The summed E-state index contributed by atoms with van der Waals surface area (Å²) in [6.45, 7) is 6.25. The summed E-state index contributed by atoms with van der Waals surface area (Å²) in [4.78, 5) is 13.4. The van der Waals surface area contributed by atoms with Gasteiger partial charge in [-0.25, -0.2) is 0 Å². The van der Waals surface area contributed by atoms with Gasteiger partial charge in [0, 0.05) is 5.56 Å². The number of esters is 1. The Hall–Kier alpha value is -1.29. The number of ether oxygens (including phenoxy) is 2. The van der Waals surface area contributed by atoms with E-state index in [2.05, 4.69) is 22.9 Å². The molecule has 0 saturated carbocycles. The van der Waals surface area contributed by atoms with Crippen LogP contribution in [0.15, 0.2) is 35.3 Å². The summed E-state index contributed by atoms with van der Waals surface area (Å²) in [5.74, 6) is 0.480. The Morgan fingerprint density at radius 3 is 2.65 bits per heavy atom. The highest BCUT2D eigenvalue weighted by molar-refractivity contribution is 9.11. The Morgan fingerprint density at radius 2 is 2.05 bits per heavy atom. The Morgan fingerprint density at radius 1 is 1.35 bits per heavy atom. The van der Waals surface area contributed by atoms with Gasteiger partial charge in [-0.2, -0.15) is 0 Å². The summed E-state index contributed by atoms with van der Waals surface area (Å²) in [6.07, 6.45) is 3.00. The van der Waals surface area contributed by atoms with Crippen molar-refractivity contribution in [3.05, 3.63) is 40.9 Å². The van der Waals surface area contributed by atoms with Gasteiger partial charge in [0.1, 0.15) is 11.4 Å². The minimum atomic E-state index is -0.408. The molecule has 1 aromatic rings. The van der Waals surface area contributed by atoms with Crippen LogP contribution in [0.3, 0.4) is 0 Å². The number of rotatable bonds is 7. The molecule has 0 aliphatic rings. The fraction of sp³-hybridized carbons (Fsp3) is 0.438. The lowest BCUT2D eigenvalue weighted by Gasteiger charge is -2.27. The first kappa shape index (κ1) is 16.8. The summed E-state index contributed by atoms with van der Waals surface area (Å²) in [7, 11) is 0. The molecule has 0 bridgehead atoms. The molecule has 3 nitrogen and oxygen atoms in total. The second kappa shape index (κ2) is 8.10. The van der Waals surface area contributed by atoms with E-state index in [1.165, 1.54) is 0 Å². The quantitative estimate of drug-likeness (QED) is 0.696. The van der Waals surface area contributed by atoms with E-state index in [4.69, 9.17) is 9.47 Å². The molecule has 110 valence electrons. The lowest BCUT2D eigenvalue weighted by Crippen LogP contribution is -2.29. The van der Waals surface area contributed by atoms with Crippen LogP contribution < -0.4 is 4.74 Å². The number of carbonyl (C=O) groups is 1. The van der Waals surface area contributed by atoms with Gasteiger partial charge in [-0.15, -0.1) is 0 Å². The lowest BCUT2D eigenvalue weighted by molar-refractivity contribution is -0.142. The van der Waals surface area contributed by atoms with Crippen molar-refractivity contribution in [2.45, 2.75) is 39.2 Å². The van der Waals surface area contributed by atoms with E-state index in [1.54, 1.807) is 11.9 Å². The van der Waals surface area contributed by atoms with Crippen LogP contribution in [0.5, 0.6) is 5.75 Å². The summed E-state index contributed by atoms with van der Waals surface area (Å²) < 4.78 is 11.1. The topological polar surface area (TPSA) is 35.5 Å². The minimum Gasteiger partial charge on any atom is -0.483 e. The predicted octanol–water partition coefficient (Wildman–Crippen LogP) is 4.25. The van der Waals surface area contributed by atoms with Crippen LogP contribution in [0.1, 0.15) is 32.8 Å². The molecule has 0 radical (unpaired) electrons. The monoisotopic (exact) mass is 340 g/mol. The van der Waals surface area contributed by atoms with Crippen LogP contribution in [-0.4, -0.2) is 18.2 Å². The summed E-state index contributed by atoms with van der Waals surface area (Å²) in [5.41, 5.74) is 0.433. The van der Waals surface area contributed by atoms with Crippen LogP contribution in [0.25, 0.3) is 0 Å². The van der Waals surface area contributed by atoms with Crippen molar-refractivity contribution in [3.8, 4) is 5.75 Å². The van der Waals surface area contributed by atoms with E-state index < -0.39 is 5.60 Å². The number of hydrogen-bond donors (Lipinski definition) is 0. The van der Waals surface area contributed by atoms with Gasteiger partial charge in [0.05, 0.1) is 13.0 Å². The molecular formula is C16H21BrO3. The second-order valence-electron chi connectivity index (χ2n) is 4.65. The lowest BCUT2D eigenvalue weighted by atomic mass is 10.0. The minimum absolute atomic E-state index is 0.224. The van der Waals surface area contributed by atoms with Gasteiger partial charge in [0.15, 0.2) is 0 Å². The van der Waals surface area contributed by atoms with E-state index in [1.807, 2.05) is 37.3 Å². The molecule has 1 rings (SSSR count). The predicted molar refractivity (Wildman–Crippen MR) is 84.2 cm³/mol. The van der Waals surface area contributed by atoms with Gasteiger partial charge >= 0.3 is 5.97 Å². The van der Waals surface area contributed by atoms with Crippen LogP contribution in [0, 0.1) is 0 Å². The van der Waals surface area contributed by atoms with E-state index in [0.717, 1.165) is 17.7 Å². The maximum absolute atomic E-state index is 11.6. The van der Waals surface area contributed by atoms with E-state index >= 15 is 0 Å². The van der Waals surface area contributed by atoms with Gasteiger partial charge in [-0.05, 0) is 37.4 Å². The molecule has 0 aliphatic heterocycles. The highest BCUT2D eigenvalue weighted by Gasteiger charge is 2.22. The zero-order valence-corrected chi connectivity index (χ0v) is 13.8. The molecule has 1 aromatic carbocycles. The highest BCUT2D eigenvalue weighted by Crippen LogP contribution is 2.27. The fourth-order valence-electron chi connectivity index (χ4n) is 1.73. The first-order valence-corrected chi connectivity index (χ1v) is 7.66. The first-order chi connectivity index (χ1) is 9.54. The maximum atomic E-state index is 11.6. The average Bonchev–Trinajstić information content (AvgIpc) is 2.41. The third-order valence-corrected chi connectivity index (χ3v) is 3.34. The van der Waals surface area contributed by atoms with Gasteiger partial charge in [0.2, 0.25) is 0 Å². The first-order valence-electron chi connectivity index (χ1n) is 6.75. The van der Waals surface area contributed by atoms with E-state index in [9.17, 15) is 4.79 Å². The van der Waals surface area contributed by atoms with Crippen molar-refractivity contribution in [3.63, 3.8) is 0 Å². The number of para-hydroxylation sites is 1. The summed E-state index contributed by atoms with van der Waals surface area (Å²) in [5, 5.41) is 0. The van der Waals surface area contributed by atoms with Gasteiger partial charge in [-0.1, -0.05) is 41.1 Å². The Kier molecular flexibility index (Phi) is 6.79. The van der Waals surface area contributed by atoms with Crippen molar-refractivity contribution >= 4 is 21.9 Å². The number of benzene rings is 1. The molecule has 20 heavy (non-hydrogen) atoms. The Bertz CT molecular complexity index is 471. The summed E-state index contributed by atoms with van der Waals surface area (Å²) >= 11 is 3.28. The zero-order valence-electron chi connectivity index (χ0n) is 12.2. The van der Waals surface area contributed by atoms with Crippen molar-refractivity contribution in [1.82, 2.24) is 0 Å². The molecule has 0 heterocycles. The molecule has 0 spiro atoms. The number of hydrogen-bond acceptors (Lipinski definition) is 3. The second-order valence-corrected chi connectivity index (χ2v) is 5.18. The normalized spacial score (nSPS) is 14.0. The van der Waals surface area contributed by atoms with E-state index in [0.29, 0.717) is 6.61 Å². The molecule has 1 unspecified atom stereocenters. The van der Waals surface area contributed by atoms with Crippen molar-refractivity contribution in [2.24, 2.45) is 0 Å². The smallest absolute Gasteiger partial charge is 0.310 e. The molecular weight excluding hydrogens is 320 g/mol.